The number of rotatable bonds is 5. The average molecular weight is 260 g/mol. The Bertz CT molecular complexity index is 466. The fourth-order valence-corrected chi connectivity index (χ4v) is 2.63. The first-order valence-corrected chi connectivity index (χ1v) is 7.12. The number of fused-ring (bicyclic) bond motifs is 1. The van der Waals surface area contributed by atoms with Crippen molar-refractivity contribution in [2.75, 3.05) is 13.1 Å². The van der Waals surface area contributed by atoms with Crippen LogP contribution in [0.1, 0.15) is 43.4 Å². The van der Waals surface area contributed by atoms with Crippen LogP contribution in [0.2, 0.25) is 0 Å². The summed E-state index contributed by atoms with van der Waals surface area (Å²) < 4.78 is 0. The third kappa shape index (κ3) is 3.35. The van der Waals surface area contributed by atoms with Gasteiger partial charge in [-0.3, -0.25) is 4.79 Å². The Hall–Kier alpha value is -1.35. The molecule has 0 heterocycles. The van der Waals surface area contributed by atoms with Gasteiger partial charge in [-0.2, -0.15) is 0 Å². The summed E-state index contributed by atoms with van der Waals surface area (Å²) in [6, 6.07) is 6.78. The fourth-order valence-electron chi connectivity index (χ4n) is 2.63. The highest BCUT2D eigenvalue weighted by Gasteiger charge is 2.23. The minimum absolute atomic E-state index is 0.0386. The predicted molar refractivity (Wildman–Crippen MR) is 78.2 cm³/mol. The quantitative estimate of drug-likeness (QED) is 0.850. The molecule has 1 aromatic carbocycles. The summed E-state index contributed by atoms with van der Waals surface area (Å²) in [7, 11) is 0. The summed E-state index contributed by atoms with van der Waals surface area (Å²) in [5.41, 5.74) is 9.62. The molecule has 0 aliphatic heterocycles. The van der Waals surface area contributed by atoms with E-state index in [-0.39, 0.29) is 11.3 Å². The first-order valence-electron chi connectivity index (χ1n) is 7.12. The van der Waals surface area contributed by atoms with Crippen molar-refractivity contribution in [3.8, 4) is 0 Å². The number of hydrogen-bond acceptors (Lipinski definition) is 2. The zero-order valence-corrected chi connectivity index (χ0v) is 12.0. The topological polar surface area (TPSA) is 55.1 Å². The molecule has 0 unspecified atom stereocenters. The Labute approximate surface area is 115 Å². The molecule has 0 saturated carbocycles. The van der Waals surface area contributed by atoms with Crippen LogP contribution >= 0.6 is 0 Å². The van der Waals surface area contributed by atoms with Crippen LogP contribution in [-0.4, -0.2) is 19.0 Å². The lowest BCUT2D eigenvalue weighted by Gasteiger charge is -2.26. The van der Waals surface area contributed by atoms with Gasteiger partial charge in [0.2, 0.25) is 5.91 Å². The van der Waals surface area contributed by atoms with E-state index in [4.69, 9.17) is 5.73 Å². The van der Waals surface area contributed by atoms with E-state index >= 15 is 0 Å². The second kappa shape index (κ2) is 5.74. The van der Waals surface area contributed by atoms with E-state index in [1.54, 1.807) is 0 Å². The van der Waals surface area contributed by atoms with Gasteiger partial charge < -0.3 is 11.1 Å². The van der Waals surface area contributed by atoms with Crippen molar-refractivity contribution in [3.63, 3.8) is 0 Å². The molecule has 3 nitrogen and oxygen atoms in total. The van der Waals surface area contributed by atoms with Crippen LogP contribution in [0.25, 0.3) is 0 Å². The Kier molecular flexibility index (Phi) is 4.25. The molecule has 3 N–H and O–H groups in total. The van der Waals surface area contributed by atoms with Gasteiger partial charge in [0, 0.05) is 24.9 Å². The Balaban J connectivity index is 2.04. The van der Waals surface area contributed by atoms with Crippen molar-refractivity contribution in [1.82, 2.24) is 5.32 Å². The van der Waals surface area contributed by atoms with Gasteiger partial charge in [0.1, 0.15) is 0 Å². The van der Waals surface area contributed by atoms with Crippen LogP contribution in [-0.2, 0) is 23.1 Å². The maximum Gasteiger partial charge on any atom is 0.221 e. The Morgan fingerprint density at radius 2 is 2.05 bits per heavy atom. The molecule has 0 spiro atoms. The first-order chi connectivity index (χ1) is 9.03. The third-order valence-corrected chi connectivity index (χ3v) is 3.98. The highest BCUT2D eigenvalue weighted by Crippen LogP contribution is 2.29. The number of carbonyl (C=O) groups excluding carboxylic acids is 1. The highest BCUT2D eigenvalue weighted by molar-refractivity contribution is 5.76. The summed E-state index contributed by atoms with van der Waals surface area (Å²) in [5.74, 6) is 0.0386. The zero-order valence-electron chi connectivity index (χ0n) is 12.0. The van der Waals surface area contributed by atoms with Crippen molar-refractivity contribution >= 4 is 5.91 Å². The number of nitrogens with one attached hydrogen (secondary N) is 1. The van der Waals surface area contributed by atoms with E-state index in [1.165, 1.54) is 36.0 Å². The summed E-state index contributed by atoms with van der Waals surface area (Å²) >= 11 is 0. The standard InChI is InChI=1S/C16H24N2O/c1-16(2,11-18-15(19)8-9-17)14-7-6-12-4-3-5-13(12)10-14/h6-7,10H,3-5,8-9,11,17H2,1-2H3,(H,18,19). The molecule has 0 fully saturated rings. The van der Waals surface area contributed by atoms with E-state index in [0.29, 0.717) is 19.5 Å². The summed E-state index contributed by atoms with van der Waals surface area (Å²) in [5, 5.41) is 2.97. The van der Waals surface area contributed by atoms with Crippen LogP contribution in [0.3, 0.4) is 0 Å². The minimum atomic E-state index is -0.0398. The second-order valence-corrected chi connectivity index (χ2v) is 6.04. The molecule has 0 radical (unpaired) electrons. The van der Waals surface area contributed by atoms with Crippen molar-refractivity contribution < 1.29 is 4.79 Å². The predicted octanol–water partition coefficient (Wildman–Crippen LogP) is 1.92. The van der Waals surface area contributed by atoms with Crippen LogP contribution in [0, 0.1) is 0 Å². The molecule has 1 aliphatic rings. The van der Waals surface area contributed by atoms with E-state index in [2.05, 4.69) is 37.4 Å². The molecule has 1 amide bonds. The molecule has 19 heavy (non-hydrogen) atoms. The molecular formula is C16H24N2O. The molecule has 3 heteroatoms. The van der Waals surface area contributed by atoms with Gasteiger partial charge >= 0.3 is 0 Å². The Morgan fingerprint density at radius 1 is 1.32 bits per heavy atom. The number of hydrogen-bond donors (Lipinski definition) is 2. The fraction of sp³-hybridized carbons (Fsp3) is 0.562. The second-order valence-electron chi connectivity index (χ2n) is 6.04. The zero-order chi connectivity index (χ0) is 13.9. The monoisotopic (exact) mass is 260 g/mol. The molecule has 0 atom stereocenters. The van der Waals surface area contributed by atoms with Crippen LogP contribution < -0.4 is 11.1 Å². The van der Waals surface area contributed by atoms with Gasteiger partial charge in [0.15, 0.2) is 0 Å². The Morgan fingerprint density at radius 3 is 2.79 bits per heavy atom. The van der Waals surface area contributed by atoms with E-state index in [1.807, 2.05) is 0 Å². The average Bonchev–Trinajstić information content (AvgIpc) is 2.84. The number of amides is 1. The van der Waals surface area contributed by atoms with Crippen LogP contribution in [0.4, 0.5) is 0 Å². The number of benzene rings is 1. The van der Waals surface area contributed by atoms with Gasteiger partial charge in [-0.05, 0) is 36.0 Å². The van der Waals surface area contributed by atoms with Crippen molar-refractivity contribution in [2.24, 2.45) is 5.73 Å². The molecule has 1 aromatic rings. The minimum Gasteiger partial charge on any atom is -0.355 e. The van der Waals surface area contributed by atoms with Crippen molar-refractivity contribution in [1.29, 1.82) is 0 Å². The maximum absolute atomic E-state index is 11.5. The lowest BCUT2D eigenvalue weighted by Crippen LogP contribution is -2.37. The van der Waals surface area contributed by atoms with Gasteiger partial charge in [-0.25, -0.2) is 0 Å². The SMILES string of the molecule is CC(C)(CNC(=O)CCN)c1ccc2c(c1)CCC2. The number of nitrogens with two attached hydrogens (primary N) is 1. The smallest absolute Gasteiger partial charge is 0.221 e. The third-order valence-electron chi connectivity index (χ3n) is 3.98. The number of carbonyl (C=O) groups is 1. The summed E-state index contributed by atoms with van der Waals surface area (Å²) in [4.78, 5) is 11.5. The molecule has 1 aliphatic carbocycles. The molecule has 104 valence electrons. The maximum atomic E-state index is 11.5. The molecule has 0 aromatic heterocycles. The lowest BCUT2D eigenvalue weighted by atomic mass is 9.83. The van der Waals surface area contributed by atoms with E-state index in [9.17, 15) is 4.79 Å². The van der Waals surface area contributed by atoms with Crippen LogP contribution in [0.5, 0.6) is 0 Å². The van der Waals surface area contributed by atoms with Gasteiger partial charge in [0.05, 0.1) is 0 Å². The summed E-state index contributed by atoms with van der Waals surface area (Å²) in [6.07, 6.45) is 4.08. The van der Waals surface area contributed by atoms with Crippen LogP contribution in [0.15, 0.2) is 18.2 Å². The molecule has 0 bridgehead atoms. The van der Waals surface area contributed by atoms with Gasteiger partial charge in [-0.15, -0.1) is 0 Å². The molecule has 0 saturated heterocycles. The van der Waals surface area contributed by atoms with E-state index in [0.717, 1.165) is 0 Å². The largest absolute Gasteiger partial charge is 0.355 e. The first kappa shape index (κ1) is 14.1. The molecular weight excluding hydrogens is 236 g/mol. The molecule has 2 rings (SSSR count). The van der Waals surface area contributed by atoms with Gasteiger partial charge in [-0.1, -0.05) is 32.0 Å². The van der Waals surface area contributed by atoms with Crippen molar-refractivity contribution in [3.05, 3.63) is 34.9 Å². The number of aryl methyl sites for hydroxylation is 2. The highest BCUT2D eigenvalue weighted by atomic mass is 16.1. The van der Waals surface area contributed by atoms with E-state index < -0.39 is 0 Å². The lowest BCUT2D eigenvalue weighted by molar-refractivity contribution is -0.121. The van der Waals surface area contributed by atoms with Gasteiger partial charge in [0.25, 0.3) is 0 Å². The van der Waals surface area contributed by atoms with Crippen molar-refractivity contribution in [2.45, 2.75) is 44.9 Å². The normalized spacial score (nSPS) is 14.3. The summed E-state index contributed by atoms with van der Waals surface area (Å²) in [6.45, 7) is 5.41.